The van der Waals surface area contributed by atoms with E-state index in [-0.39, 0.29) is 10.5 Å². The van der Waals surface area contributed by atoms with E-state index in [0.717, 1.165) is 0 Å². The Morgan fingerprint density at radius 1 is 0.839 bits per heavy atom. The minimum absolute atomic E-state index is 0.0475. The third-order valence-electron chi connectivity index (χ3n) is 4.94. The van der Waals surface area contributed by atoms with Crippen LogP contribution >= 0.6 is 0 Å². The van der Waals surface area contributed by atoms with Crippen molar-refractivity contribution in [3.8, 4) is 17.2 Å². The van der Waals surface area contributed by atoms with Crippen LogP contribution in [0.4, 0.5) is 10.1 Å². The van der Waals surface area contributed by atoms with E-state index < -0.39 is 21.9 Å². The Morgan fingerprint density at radius 2 is 1.48 bits per heavy atom. The predicted octanol–water partition coefficient (Wildman–Crippen LogP) is 4.81. The van der Waals surface area contributed by atoms with Crippen LogP contribution in [0.3, 0.4) is 0 Å². The second-order valence-corrected chi connectivity index (χ2v) is 8.53. The topological polar surface area (TPSA) is 65.1 Å². The number of anilines is 1. The van der Waals surface area contributed by atoms with Crippen molar-refractivity contribution in [1.29, 1.82) is 0 Å². The molecule has 0 amide bonds. The van der Waals surface area contributed by atoms with Crippen molar-refractivity contribution in [3.63, 3.8) is 0 Å². The molecule has 0 saturated carbocycles. The maximum atomic E-state index is 14.6. The van der Waals surface area contributed by atoms with Gasteiger partial charge in [0.15, 0.2) is 11.5 Å². The highest BCUT2D eigenvalue weighted by molar-refractivity contribution is 7.92. The zero-order valence-electron chi connectivity index (χ0n) is 17.7. The molecule has 0 saturated heterocycles. The van der Waals surface area contributed by atoms with E-state index in [0.29, 0.717) is 22.9 Å². The van der Waals surface area contributed by atoms with E-state index in [9.17, 15) is 12.8 Å². The Bertz CT molecular complexity index is 1150. The van der Waals surface area contributed by atoms with Gasteiger partial charge in [-0.15, -0.1) is 0 Å². The summed E-state index contributed by atoms with van der Waals surface area (Å²) in [5.74, 6) is 0.839. The fraction of sp³-hybridized carbons (Fsp3) is 0.217. The van der Waals surface area contributed by atoms with E-state index >= 15 is 0 Å². The number of ether oxygens (including phenoxy) is 3. The molecule has 0 bridgehead atoms. The lowest BCUT2D eigenvalue weighted by molar-refractivity contribution is 0.355. The summed E-state index contributed by atoms with van der Waals surface area (Å²) in [7, 11) is 0.381. The van der Waals surface area contributed by atoms with Crippen LogP contribution in [0.1, 0.15) is 18.5 Å². The van der Waals surface area contributed by atoms with Gasteiger partial charge in [0.25, 0.3) is 10.0 Å². The van der Waals surface area contributed by atoms with E-state index in [4.69, 9.17) is 14.2 Å². The summed E-state index contributed by atoms with van der Waals surface area (Å²) in [6.07, 6.45) is 0. The molecule has 0 aliphatic heterocycles. The van der Waals surface area contributed by atoms with Gasteiger partial charge in [-0.1, -0.05) is 18.2 Å². The first-order chi connectivity index (χ1) is 14.8. The molecule has 0 spiro atoms. The van der Waals surface area contributed by atoms with E-state index in [1.165, 1.54) is 43.8 Å². The fourth-order valence-corrected chi connectivity index (χ4v) is 4.96. The van der Waals surface area contributed by atoms with Gasteiger partial charge in [0, 0.05) is 11.6 Å². The Kier molecular flexibility index (Phi) is 6.70. The number of hydrogen-bond acceptors (Lipinski definition) is 5. The Labute approximate surface area is 181 Å². The highest BCUT2D eigenvalue weighted by Gasteiger charge is 2.32. The van der Waals surface area contributed by atoms with Gasteiger partial charge < -0.3 is 14.2 Å². The zero-order valence-corrected chi connectivity index (χ0v) is 18.5. The number of nitrogens with zero attached hydrogens (tertiary/aromatic N) is 1. The van der Waals surface area contributed by atoms with Crippen LogP contribution in [-0.4, -0.2) is 29.7 Å². The lowest BCUT2D eigenvalue weighted by atomic mass is 10.1. The van der Waals surface area contributed by atoms with Crippen LogP contribution in [0.5, 0.6) is 17.2 Å². The largest absolute Gasteiger partial charge is 0.497 e. The molecule has 0 aromatic heterocycles. The fourth-order valence-electron chi connectivity index (χ4n) is 3.33. The minimum atomic E-state index is -4.07. The van der Waals surface area contributed by atoms with Gasteiger partial charge in [-0.3, -0.25) is 4.31 Å². The SMILES string of the molecule is COc1ccc(S(=O)(=O)N(c2ccc(OC)c(OC)c2)C(C)c2ccccc2F)cc1. The number of halogens is 1. The van der Waals surface area contributed by atoms with E-state index in [1.54, 1.807) is 55.5 Å². The molecule has 0 fully saturated rings. The molecule has 3 rings (SSSR count). The molecule has 31 heavy (non-hydrogen) atoms. The minimum Gasteiger partial charge on any atom is -0.497 e. The second-order valence-electron chi connectivity index (χ2n) is 6.71. The summed E-state index contributed by atoms with van der Waals surface area (Å²) in [5.41, 5.74) is 0.554. The first-order valence-electron chi connectivity index (χ1n) is 9.48. The molecule has 0 heterocycles. The lowest BCUT2D eigenvalue weighted by Crippen LogP contribution is -2.34. The van der Waals surface area contributed by atoms with E-state index in [1.807, 2.05) is 0 Å². The Balaban J connectivity index is 2.20. The average Bonchev–Trinajstić information content (AvgIpc) is 2.79. The standard InChI is InChI=1S/C23H24FNO5S/c1-16(20-7-5-6-8-21(20)24)25(17-9-14-22(29-3)23(15-17)30-4)31(26,27)19-12-10-18(28-2)11-13-19/h5-16H,1-4H3. The van der Waals surface area contributed by atoms with Crippen molar-refractivity contribution >= 4 is 15.7 Å². The van der Waals surface area contributed by atoms with Gasteiger partial charge in [-0.05, 0) is 49.4 Å². The molecule has 164 valence electrons. The van der Waals surface area contributed by atoms with Crippen LogP contribution in [0.2, 0.25) is 0 Å². The third-order valence-corrected chi connectivity index (χ3v) is 6.86. The van der Waals surface area contributed by atoms with Crippen LogP contribution in [-0.2, 0) is 10.0 Å². The molecule has 3 aromatic rings. The molecule has 0 aliphatic rings. The summed E-state index contributed by atoms with van der Waals surface area (Å²) in [4.78, 5) is 0.0475. The third kappa shape index (κ3) is 4.44. The van der Waals surface area contributed by atoms with Gasteiger partial charge in [-0.2, -0.15) is 0 Å². The summed E-state index contributed by atoms with van der Waals surface area (Å²) in [6, 6.07) is 16.1. The maximum absolute atomic E-state index is 14.6. The van der Waals surface area contributed by atoms with Gasteiger partial charge in [0.2, 0.25) is 0 Å². The van der Waals surface area contributed by atoms with Gasteiger partial charge in [0.1, 0.15) is 11.6 Å². The van der Waals surface area contributed by atoms with Crippen molar-refractivity contribution in [1.82, 2.24) is 0 Å². The van der Waals surface area contributed by atoms with Crippen molar-refractivity contribution in [2.24, 2.45) is 0 Å². The number of methoxy groups -OCH3 is 3. The lowest BCUT2D eigenvalue weighted by Gasteiger charge is -2.31. The first-order valence-corrected chi connectivity index (χ1v) is 10.9. The number of rotatable bonds is 8. The molecule has 0 radical (unpaired) electrons. The molecular formula is C23H24FNO5S. The summed E-state index contributed by atoms with van der Waals surface area (Å²) in [6.45, 7) is 1.64. The number of hydrogen-bond donors (Lipinski definition) is 0. The predicted molar refractivity (Wildman–Crippen MR) is 117 cm³/mol. The molecule has 0 aliphatic carbocycles. The summed E-state index contributed by atoms with van der Waals surface area (Å²) in [5, 5.41) is 0. The van der Waals surface area contributed by atoms with Crippen LogP contribution in [0.15, 0.2) is 71.6 Å². The molecule has 8 heteroatoms. The monoisotopic (exact) mass is 445 g/mol. The van der Waals surface area contributed by atoms with Gasteiger partial charge in [0.05, 0.1) is 38.0 Å². The quantitative estimate of drug-likeness (QED) is 0.498. The molecule has 6 nitrogen and oxygen atoms in total. The van der Waals surface area contributed by atoms with Crippen molar-refractivity contribution < 1.29 is 27.0 Å². The van der Waals surface area contributed by atoms with E-state index in [2.05, 4.69) is 0 Å². The van der Waals surface area contributed by atoms with Crippen LogP contribution in [0, 0.1) is 5.82 Å². The normalized spacial score (nSPS) is 12.2. The molecule has 0 N–H and O–H groups in total. The van der Waals surface area contributed by atoms with Gasteiger partial charge in [-0.25, -0.2) is 12.8 Å². The maximum Gasteiger partial charge on any atom is 0.264 e. The average molecular weight is 446 g/mol. The van der Waals surface area contributed by atoms with Crippen molar-refractivity contribution in [2.45, 2.75) is 17.9 Å². The highest BCUT2D eigenvalue weighted by Crippen LogP contribution is 2.39. The van der Waals surface area contributed by atoms with Crippen LogP contribution < -0.4 is 18.5 Å². The first kappa shape index (κ1) is 22.4. The van der Waals surface area contributed by atoms with Crippen molar-refractivity contribution in [2.75, 3.05) is 25.6 Å². The molecule has 3 aromatic carbocycles. The van der Waals surface area contributed by atoms with Gasteiger partial charge >= 0.3 is 0 Å². The molecule has 1 atom stereocenters. The van der Waals surface area contributed by atoms with Crippen LogP contribution in [0.25, 0.3) is 0 Å². The molecular weight excluding hydrogens is 421 g/mol. The zero-order chi connectivity index (χ0) is 22.6. The Hall–Kier alpha value is -3.26. The smallest absolute Gasteiger partial charge is 0.264 e. The highest BCUT2D eigenvalue weighted by atomic mass is 32.2. The summed E-state index contributed by atoms with van der Waals surface area (Å²) >= 11 is 0. The number of sulfonamides is 1. The second kappa shape index (κ2) is 9.26. The molecule has 1 unspecified atom stereocenters. The summed E-state index contributed by atoms with van der Waals surface area (Å²) < 4.78 is 58.9. The number of benzene rings is 3. The van der Waals surface area contributed by atoms with Crippen molar-refractivity contribution in [3.05, 3.63) is 78.1 Å². The Morgan fingerprint density at radius 3 is 2.06 bits per heavy atom.